The summed E-state index contributed by atoms with van der Waals surface area (Å²) in [6, 6.07) is 5.71. The number of nitrogens with two attached hydrogens (primary N) is 1. The number of aromatic nitrogens is 8. The first-order chi connectivity index (χ1) is 59.7. The van der Waals surface area contributed by atoms with E-state index in [2.05, 4.69) is 41.2 Å². The molecule has 34 heteroatoms. The van der Waals surface area contributed by atoms with Crippen molar-refractivity contribution in [1.29, 1.82) is 0 Å². The molecule has 0 unspecified atom stereocenters. The molecule has 686 valence electrons. The van der Waals surface area contributed by atoms with E-state index in [4.69, 9.17) is 58.2 Å². The number of allylic oxidation sites excluding steroid dienone is 5. The van der Waals surface area contributed by atoms with Gasteiger partial charge in [0.1, 0.15) is 47.9 Å². The van der Waals surface area contributed by atoms with Gasteiger partial charge in [0.2, 0.25) is 23.5 Å². The second-order valence-electron chi connectivity index (χ2n) is 33.6. The van der Waals surface area contributed by atoms with Crippen molar-refractivity contribution in [3.63, 3.8) is 0 Å². The number of Topliss-reactive ketones (excluding diaryl/α,β-unsaturated/α-hetero) is 2. The first-order valence-corrected chi connectivity index (χ1v) is 44.2. The highest BCUT2D eigenvalue weighted by Crippen LogP contribution is 2.41. The molecule has 2 bridgehead atoms. The number of carbonyl (C=O) groups is 7. The van der Waals surface area contributed by atoms with E-state index >= 15 is 0 Å². The van der Waals surface area contributed by atoms with Crippen molar-refractivity contribution in [2.45, 2.75) is 238 Å². The van der Waals surface area contributed by atoms with Gasteiger partial charge >= 0.3 is 5.97 Å². The topological polar surface area (TPSA) is 448 Å². The number of esters is 1. The predicted octanol–water partition coefficient (Wildman–Crippen LogP) is 8.04. The molecular formula is C90H135N13O21. The van der Waals surface area contributed by atoms with Gasteiger partial charge < -0.3 is 99.4 Å². The van der Waals surface area contributed by atoms with Crippen LogP contribution in [0.5, 0.6) is 5.75 Å². The largest absolute Gasteiger partial charge is 0.508 e. The van der Waals surface area contributed by atoms with Crippen LogP contribution in [0.3, 0.4) is 0 Å². The SMILES string of the molecule is CO[C@H]1C[C@@H]2CC[C@@H](C)[C@@](O)(O2)C(=O)C(=O)N2CCCC[C@H]2C(=O)O[C@H]([C@H](C)C[C@@H]2CC[C@H](n3cc(CCCC(=O)NCCOCCOCCOCCC(=O)NCCOCCOCCC(=O)NCCCCn4nc(-c5cc6cc(O)ccc6[nH]5)c5c(N)ncnc54)nn3)[C@H](OC)C2)C[C@@H](OC)[C@H](C)/C=C(\C)[C@@H](O)[C@@H](O)C(=O)[C@H](C)C[C@H](C)/C=C/C=C/C=C/1C. The molecule has 4 aromatic heterocycles. The van der Waals surface area contributed by atoms with E-state index in [9.17, 15) is 54.0 Å². The van der Waals surface area contributed by atoms with Gasteiger partial charge in [0.25, 0.3) is 11.7 Å². The number of unbranched alkanes of at least 4 members (excludes halogenated alkanes) is 1. The lowest BCUT2D eigenvalue weighted by molar-refractivity contribution is -0.265. The maximum atomic E-state index is 14.9. The molecule has 1 saturated carbocycles. The van der Waals surface area contributed by atoms with Crippen molar-refractivity contribution in [3.8, 4) is 17.1 Å². The van der Waals surface area contributed by atoms with Gasteiger partial charge in [-0.2, -0.15) is 5.10 Å². The zero-order valence-electron chi connectivity index (χ0n) is 74.0. The molecule has 1 aromatic carbocycles. The van der Waals surface area contributed by atoms with E-state index in [-0.39, 0.29) is 105 Å². The average molecular weight is 1740 g/mol. The van der Waals surface area contributed by atoms with Gasteiger partial charge in [-0.3, -0.25) is 28.8 Å². The number of phenolic OH excluding ortho intramolecular Hbond substituents is 1. The number of ether oxygens (including phenoxy) is 10. The van der Waals surface area contributed by atoms with Crippen LogP contribution in [0.25, 0.3) is 33.3 Å². The Labute approximate surface area is 727 Å². The summed E-state index contributed by atoms with van der Waals surface area (Å²) >= 11 is 0. The molecule has 2 saturated heterocycles. The van der Waals surface area contributed by atoms with Crippen LogP contribution in [-0.2, 0) is 93.9 Å². The number of benzene rings is 1. The third-order valence-corrected chi connectivity index (χ3v) is 24.2. The van der Waals surface area contributed by atoms with E-state index < -0.39 is 89.6 Å². The molecule has 16 atom stereocenters. The molecule has 34 nitrogen and oxygen atoms in total. The molecule has 0 radical (unpaired) electrons. The number of piperidine rings is 1. The third-order valence-electron chi connectivity index (χ3n) is 24.2. The van der Waals surface area contributed by atoms with Crippen LogP contribution in [0.15, 0.2) is 84.4 Å². The number of cyclic esters (lactones) is 1. The van der Waals surface area contributed by atoms with Gasteiger partial charge in [-0.1, -0.05) is 76.3 Å². The van der Waals surface area contributed by atoms with E-state index in [0.29, 0.717) is 184 Å². The Hall–Kier alpha value is -8.78. The van der Waals surface area contributed by atoms with Crippen molar-refractivity contribution >= 4 is 68.9 Å². The molecular weight excluding hydrogens is 1600 g/mol. The number of nitrogens with one attached hydrogen (secondary N) is 4. The van der Waals surface area contributed by atoms with E-state index in [1.54, 1.807) is 71.1 Å². The number of aromatic hydroxyl groups is 1. The van der Waals surface area contributed by atoms with E-state index in [0.717, 1.165) is 40.7 Å². The Balaban J connectivity index is 0.627. The fraction of sp³-hybridized carbons (Fsp3) is 0.667. The summed E-state index contributed by atoms with van der Waals surface area (Å²) < 4.78 is 62.6. The molecule has 9 rings (SSSR count). The molecule has 1 aliphatic carbocycles. The first-order valence-electron chi connectivity index (χ1n) is 44.2. The fourth-order valence-electron chi connectivity index (χ4n) is 16.9. The number of rotatable bonds is 38. The summed E-state index contributed by atoms with van der Waals surface area (Å²) in [7, 11) is 4.80. The maximum absolute atomic E-state index is 14.9. The summed E-state index contributed by atoms with van der Waals surface area (Å²) in [5.41, 5.74) is 11.0. The summed E-state index contributed by atoms with van der Waals surface area (Å²) in [4.78, 5) is 109. The van der Waals surface area contributed by atoms with Crippen molar-refractivity contribution in [3.05, 3.63) is 90.1 Å². The molecule has 10 N–H and O–H groups in total. The van der Waals surface area contributed by atoms with Gasteiger partial charge in [-0.05, 0) is 157 Å². The van der Waals surface area contributed by atoms with Crippen LogP contribution >= 0.6 is 0 Å². The summed E-state index contributed by atoms with van der Waals surface area (Å²) in [5, 5.41) is 68.8. The molecule has 3 aliphatic heterocycles. The quantitative estimate of drug-likeness (QED) is 0.00781. The Bertz CT molecular complexity index is 4350. The van der Waals surface area contributed by atoms with Crippen LogP contribution in [-0.4, -0.2) is 274 Å². The standard InChI is InChI=1S/C90H135N13O21/c1-57-19-12-11-13-20-58(2)73(115-8)53-68-27-24-63(7)90(114,124-68)85(111)88(112)101-35-16-14-22-72(101)89(113)123-75(54-74(116-9)59(3)48-62(6)83(109)84(110)82(108)61(5)47-57)60(4)49-64-25-29-71(76(50-64)117-10)103-55-66(98-100-103)21-18-23-77(105)93-33-39-121-44-46-122-45-42-119-38-31-79(107)94-34-40-120-43-41-118-37-30-78(106)92-32-15-17-36-102-87-80(86(91)95-56-96-87)81(99-102)70-52-65-51-67(104)26-28-69(65)97-70/h11-13,19-20,26,28,48,51-52,55-57,59-61,63-64,68,71-76,83-84,97,104,109-110,114H,14-18,21-25,27,29-47,49-50,53-54H2,1-10H3,(H,92,106)(H,93,105)(H,94,107)(H2,91,95,96)/b13-11+,19-12+,58-20+,62-48+/t57-,59-,60-,61-,63-,64+,68+,71+,72+,73+,74-,75+,76-,83-,84+,90-/m1/s1. The Kier molecular flexibility index (Phi) is 40.3. The lowest BCUT2D eigenvalue weighted by Crippen LogP contribution is -2.61. The van der Waals surface area contributed by atoms with Gasteiger partial charge in [-0.25, -0.2) is 24.1 Å². The van der Waals surface area contributed by atoms with Crippen LogP contribution in [0.1, 0.15) is 176 Å². The number of methoxy groups -OCH3 is 3. The predicted molar refractivity (Wildman–Crippen MR) is 462 cm³/mol. The molecule has 7 heterocycles. The van der Waals surface area contributed by atoms with Crippen LogP contribution in [0.4, 0.5) is 5.82 Å². The van der Waals surface area contributed by atoms with Gasteiger partial charge in [0.05, 0.1) is 113 Å². The number of hydrogen-bond acceptors (Lipinski definition) is 27. The molecule has 124 heavy (non-hydrogen) atoms. The number of H-pyrrole nitrogens is 1. The number of aliphatic hydroxyl groups excluding tert-OH is 2. The highest BCUT2D eigenvalue weighted by Gasteiger charge is 2.53. The number of nitrogens with zero attached hydrogens (tertiary/aromatic N) is 8. The summed E-state index contributed by atoms with van der Waals surface area (Å²) in [6.45, 7) is 17.6. The molecule has 3 fully saturated rings. The fourth-order valence-corrected chi connectivity index (χ4v) is 16.9. The number of ketones is 2. The maximum Gasteiger partial charge on any atom is 0.329 e. The Morgan fingerprint density at radius 1 is 0.718 bits per heavy atom. The summed E-state index contributed by atoms with van der Waals surface area (Å²) in [6.07, 6.45) is 17.7. The Morgan fingerprint density at radius 2 is 1.40 bits per heavy atom. The number of aliphatic hydroxyl groups is 3. The Morgan fingerprint density at radius 3 is 2.09 bits per heavy atom. The highest BCUT2D eigenvalue weighted by atomic mass is 16.6. The van der Waals surface area contributed by atoms with Crippen LogP contribution in [0.2, 0.25) is 0 Å². The van der Waals surface area contributed by atoms with E-state index in [1.165, 1.54) is 11.2 Å². The number of phenols is 1. The van der Waals surface area contributed by atoms with Crippen molar-refractivity contribution in [2.24, 2.45) is 35.5 Å². The second kappa shape index (κ2) is 50.5. The van der Waals surface area contributed by atoms with Crippen molar-refractivity contribution in [1.82, 2.24) is 60.6 Å². The number of hydrogen-bond donors (Lipinski definition) is 9. The van der Waals surface area contributed by atoms with Gasteiger partial charge in [0, 0.05) is 121 Å². The highest BCUT2D eigenvalue weighted by molar-refractivity contribution is 6.39. The van der Waals surface area contributed by atoms with Gasteiger partial charge in [-0.15, -0.1) is 5.10 Å². The number of fused-ring (bicyclic) bond motifs is 5. The minimum atomic E-state index is -2.46. The first kappa shape index (κ1) is 99.0. The normalized spacial score (nSPS) is 27.3. The molecule has 4 aliphatic rings. The van der Waals surface area contributed by atoms with Crippen LogP contribution < -0.4 is 21.7 Å². The molecule has 0 spiro atoms. The number of nitrogen functional groups attached to an aromatic ring is 1. The van der Waals surface area contributed by atoms with Gasteiger partial charge in [0.15, 0.2) is 11.4 Å². The number of amides is 4. The second-order valence-corrected chi connectivity index (χ2v) is 33.6. The number of carbonyl (C=O) groups excluding carboxylic acids is 7. The van der Waals surface area contributed by atoms with E-state index in [1.807, 2.05) is 75.0 Å². The van der Waals surface area contributed by atoms with Crippen LogP contribution in [0, 0.1) is 35.5 Å². The van der Waals surface area contributed by atoms with Crippen molar-refractivity contribution in [2.75, 3.05) is 119 Å². The zero-order valence-corrected chi connectivity index (χ0v) is 74.0. The number of aryl methyl sites for hydroxylation is 2. The minimum Gasteiger partial charge on any atom is -0.508 e. The number of aromatic amines is 1. The third kappa shape index (κ3) is 29.4. The zero-order chi connectivity index (χ0) is 89.2. The summed E-state index contributed by atoms with van der Waals surface area (Å²) in [5.74, 6) is -7.66. The average Bonchev–Trinajstić information content (AvgIpc) is 1.47. The number of anilines is 1. The smallest absolute Gasteiger partial charge is 0.329 e. The molecule has 4 amide bonds. The minimum absolute atomic E-state index is 0.0443. The monoisotopic (exact) mass is 1730 g/mol. The molecule has 5 aromatic rings. The van der Waals surface area contributed by atoms with Crippen molar-refractivity contribution < 1.29 is 101 Å². The lowest BCUT2D eigenvalue weighted by atomic mass is 9.77. The lowest BCUT2D eigenvalue weighted by Gasteiger charge is -2.43.